The van der Waals surface area contributed by atoms with Crippen molar-refractivity contribution >= 4 is 0 Å². The van der Waals surface area contributed by atoms with E-state index in [0.29, 0.717) is 39.6 Å². The minimum Gasteiger partial charge on any atom is -0.491 e. The summed E-state index contributed by atoms with van der Waals surface area (Å²) in [4.78, 5) is 0. The summed E-state index contributed by atoms with van der Waals surface area (Å²) in [6, 6.07) is 4.20. The Kier molecular flexibility index (Phi) is 7.48. The smallest absolute Gasteiger partial charge is 0.125 e. The van der Waals surface area contributed by atoms with Crippen molar-refractivity contribution in [1.29, 1.82) is 0 Å². The van der Waals surface area contributed by atoms with Crippen LogP contribution in [-0.2, 0) is 9.47 Å². The van der Waals surface area contributed by atoms with Gasteiger partial charge in [-0.3, -0.25) is 0 Å². The summed E-state index contributed by atoms with van der Waals surface area (Å²) in [5.74, 6) is 0.975. The van der Waals surface area contributed by atoms with E-state index in [1.807, 2.05) is 0 Å². The summed E-state index contributed by atoms with van der Waals surface area (Å²) < 4.78 is 16.4. The van der Waals surface area contributed by atoms with Crippen molar-refractivity contribution in [2.24, 2.45) is 5.73 Å². The van der Waals surface area contributed by atoms with Gasteiger partial charge in [0.1, 0.15) is 12.4 Å². The average Bonchev–Trinajstić information content (AvgIpc) is 2.40. The molecule has 0 radical (unpaired) electrons. The summed E-state index contributed by atoms with van der Waals surface area (Å²) in [7, 11) is 0. The molecule has 0 saturated heterocycles. The lowest BCUT2D eigenvalue weighted by atomic mass is 10.1. The van der Waals surface area contributed by atoms with E-state index >= 15 is 0 Å². The van der Waals surface area contributed by atoms with E-state index in [-0.39, 0.29) is 0 Å². The molecular formula is C15H25NO3. The Morgan fingerprint density at radius 2 is 1.42 bits per heavy atom. The molecule has 1 aromatic carbocycles. The van der Waals surface area contributed by atoms with Gasteiger partial charge >= 0.3 is 0 Å². The quantitative estimate of drug-likeness (QED) is 0.695. The number of benzene rings is 1. The standard InChI is InChI=1S/C15H25NO3/c1-12-4-5-13(2)15(14(12)3)19-11-10-18-9-8-17-7-6-16/h4-5H,6-11,16H2,1-3H3. The molecule has 0 atom stereocenters. The van der Waals surface area contributed by atoms with Crippen molar-refractivity contribution < 1.29 is 14.2 Å². The van der Waals surface area contributed by atoms with Gasteiger partial charge in [-0.05, 0) is 37.5 Å². The van der Waals surface area contributed by atoms with Crippen LogP contribution in [0.4, 0.5) is 0 Å². The highest BCUT2D eigenvalue weighted by Gasteiger charge is 2.05. The van der Waals surface area contributed by atoms with Gasteiger partial charge in [-0.25, -0.2) is 0 Å². The lowest BCUT2D eigenvalue weighted by molar-refractivity contribution is 0.0386. The first-order valence-corrected chi connectivity index (χ1v) is 6.72. The molecule has 0 fully saturated rings. The van der Waals surface area contributed by atoms with Gasteiger partial charge in [0.2, 0.25) is 0 Å². The van der Waals surface area contributed by atoms with Gasteiger partial charge in [0.05, 0.1) is 26.4 Å². The molecule has 0 amide bonds. The Morgan fingerprint density at radius 1 is 0.842 bits per heavy atom. The van der Waals surface area contributed by atoms with Gasteiger partial charge in [0.25, 0.3) is 0 Å². The predicted molar refractivity (Wildman–Crippen MR) is 76.8 cm³/mol. The van der Waals surface area contributed by atoms with E-state index in [4.69, 9.17) is 19.9 Å². The van der Waals surface area contributed by atoms with Crippen LogP contribution in [0.2, 0.25) is 0 Å². The molecule has 0 unspecified atom stereocenters. The van der Waals surface area contributed by atoms with Crippen LogP contribution in [0, 0.1) is 20.8 Å². The Balaban J connectivity index is 2.21. The highest BCUT2D eigenvalue weighted by Crippen LogP contribution is 2.25. The van der Waals surface area contributed by atoms with Crippen LogP contribution in [0.15, 0.2) is 12.1 Å². The first-order valence-electron chi connectivity index (χ1n) is 6.72. The summed E-state index contributed by atoms with van der Waals surface area (Å²) in [6.07, 6.45) is 0. The molecule has 0 bridgehead atoms. The number of ether oxygens (including phenoxy) is 3. The minimum absolute atomic E-state index is 0.551. The summed E-state index contributed by atoms with van der Waals surface area (Å²) in [5.41, 5.74) is 8.92. The number of hydrogen-bond donors (Lipinski definition) is 1. The van der Waals surface area contributed by atoms with Crippen LogP contribution in [0.3, 0.4) is 0 Å². The van der Waals surface area contributed by atoms with Crippen molar-refractivity contribution in [2.75, 3.05) is 39.6 Å². The number of hydrogen-bond acceptors (Lipinski definition) is 4. The Labute approximate surface area is 115 Å². The highest BCUT2D eigenvalue weighted by molar-refractivity contribution is 5.44. The van der Waals surface area contributed by atoms with E-state index in [1.165, 1.54) is 11.1 Å². The number of nitrogens with two attached hydrogens (primary N) is 1. The predicted octanol–water partition coefficient (Wildman–Crippen LogP) is 1.98. The second-order valence-electron chi connectivity index (χ2n) is 4.52. The molecule has 0 aliphatic heterocycles. The van der Waals surface area contributed by atoms with Crippen molar-refractivity contribution in [3.8, 4) is 5.75 Å². The molecule has 0 aromatic heterocycles. The van der Waals surface area contributed by atoms with Crippen LogP contribution in [-0.4, -0.2) is 39.6 Å². The number of rotatable bonds is 9. The second-order valence-corrected chi connectivity index (χ2v) is 4.52. The van der Waals surface area contributed by atoms with Crippen molar-refractivity contribution in [3.05, 3.63) is 28.8 Å². The van der Waals surface area contributed by atoms with Gasteiger partial charge in [-0.2, -0.15) is 0 Å². The van der Waals surface area contributed by atoms with Crippen LogP contribution >= 0.6 is 0 Å². The SMILES string of the molecule is Cc1ccc(C)c(OCCOCCOCCN)c1C. The lowest BCUT2D eigenvalue weighted by Crippen LogP contribution is -2.14. The maximum atomic E-state index is 5.79. The Bertz CT molecular complexity index is 380. The first-order chi connectivity index (χ1) is 9.16. The van der Waals surface area contributed by atoms with E-state index in [0.717, 1.165) is 11.3 Å². The zero-order chi connectivity index (χ0) is 14.1. The molecule has 0 heterocycles. The van der Waals surface area contributed by atoms with Gasteiger partial charge in [-0.1, -0.05) is 12.1 Å². The zero-order valence-corrected chi connectivity index (χ0v) is 12.2. The van der Waals surface area contributed by atoms with Crippen LogP contribution in [0.25, 0.3) is 0 Å². The van der Waals surface area contributed by atoms with Crippen LogP contribution in [0.5, 0.6) is 5.75 Å². The molecule has 108 valence electrons. The fourth-order valence-electron chi connectivity index (χ4n) is 1.76. The fraction of sp³-hybridized carbons (Fsp3) is 0.600. The molecule has 1 rings (SSSR count). The van der Waals surface area contributed by atoms with Crippen molar-refractivity contribution in [3.63, 3.8) is 0 Å². The van der Waals surface area contributed by atoms with E-state index in [9.17, 15) is 0 Å². The summed E-state index contributed by atoms with van der Waals surface area (Å²) in [6.45, 7) is 9.65. The summed E-state index contributed by atoms with van der Waals surface area (Å²) in [5, 5.41) is 0. The van der Waals surface area contributed by atoms with Crippen LogP contribution in [0.1, 0.15) is 16.7 Å². The van der Waals surface area contributed by atoms with E-state index in [2.05, 4.69) is 32.9 Å². The Hall–Kier alpha value is -1.10. The van der Waals surface area contributed by atoms with Gasteiger partial charge in [-0.15, -0.1) is 0 Å². The lowest BCUT2D eigenvalue weighted by Gasteiger charge is -2.14. The van der Waals surface area contributed by atoms with Crippen LogP contribution < -0.4 is 10.5 Å². The zero-order valence-electron chi connectivity index (χ0n) is 12.2. The largest absolute Gasteiger partial charge is 0.491 e. The first kappa shape index (κ1) is 16.0. The number of aryl methyl sites for hydroxylation is 2. The third-order valence-electron chi connectivity index (χ3n) is 2.98. The maximum Gasteiger partial charge on any atom is 0.125 e. The fourth-order valence-corrected chi connectivity index (χ4v) is 1.76. The average molecular weight is 267 g/mol. The normalized spacial score (nSPS) is 10.7. The molecule has 19 heavy (non-hydrogen) atoms. The molecule has 1 aromatic rings. The molecule has 0 spiro atoms. The molecule has 0 aliphatic rings. The topological polar surface area (TPSA) is 53.7 Å². The third-order valence-corrected chi connectivity index (χ3v) is 2.98. The molecule has 2 N–H and O–H groups in total. The molecule has 4 heteroatoms. The highest BCUT2D eigenvalue weighted by atomic mass is 16.5. The molecule has 0 aliphatic carbocycles. The van der Waals surface area contributed by atoms with E-state index < -0.39 is 0 Å². The molecule has 0 saturated carbocycles. The van der Waals surface area contributed by atoms with E-state index in [1.54, 1.807) is 0 Å². The Morgan fingerprint density at radius 3 is 2.11 bits per heavy atom. The summed E-state index contributed by atoms with van der Waals surface area (Å²) >= 11 is 0. The monoisotopic (exact) mass is 267 g/mol. The molecular weight excluding hydrogens is 242 g/mol. The molecule has 4 nitrogen and oxygen atoms in total. The van der Waals surface area contributed by atoms with Gasteiger partial charge < -0.3 is 19.9 Å². The maximum absolute atomic E-state index is 5.79. The second kappa shape index (κ2) is 8.91. The third kappa shape index (κ3) is 5.59. The van der Waals surface area contributed by atoms with Gasteiger partial charge in [0, 0.05) is 6.54 Å². The minimum atomic E-state index is 0.551. The van der Waals surface area contributed by atoms with Gasteiger partial charge in [0.15, 0.2) is 0 Å². The van der Waals surface area contributed by atoms with Crippen molar-refractivity contribution in [2.45, 2.75) is 20.8 Å². The van der Waals surface area contributed by atoms with Crippen molar-refractivity contribution in [1.82, 2.24) is 0 Å².